The maximum Gasteiger partial charge on any atom is 0.337 e. The Balaban J connectivity index is 2.07. The highest BCUT2D eigenvalue weighted by atomic mass is 16.5. The van der Waals surface area contributed by atoms with Gasteiger partial charge in [0.15, 0.2) is 0 Å². The van der Waals surface area contributed by atoms with Gasteiger partial charge in [-0.15, -0.1) is 0 Å². The summed E-state index contributed by atoms with van der Waals surface area (Å²) in [5.41, 5.74) is 0.184. The Hall–Kier alpha value is -1.58. The van der Waals surface area contributed by atoms with Crippen LogP contribution in [0.3, 0.4) is 0 Å². The van der Waals surface area contributed by atoms with Crippen LogP contribution in [0.5, 0.6) is 5.88 Å². The zero-order valence-corrected chi connectivity index (χ0v) is 11.6. The molecule has 1 N–H and O–H groups in total. The Kier molecular flexibility index (Phi) is 7.63. The number of ether oxygens (including phenoxy) is 1. The first-order valence-electron chi connectivity index (χ1n) is 7.06. The van der Waals surface area contributed by atoms with Gasteiger partial charge in [0, 0.05) is 12.3 Å². The molecule has 0 radical (unpaired) electrons. The molecule has 0 saturated heterocycles. The Morgan fingerprint density at radius 2 is 1.84 bits per heavy atom. The van der Waals surface area contributed by atoms with Gasteiger partial charge in [-0.1, -0.05) is 45.4 Å². The van der Waals surface area contributed by atoms with Crippen LogP contribution in [0.15, 0.2) is 18.3 Å². The van der Waals surface area contributed by atoms with E-state index < -0.39 is 5.97 Å². The number of hydrogen-bond donors (Lipinski definition) is 1. The number of unbranched alkanes of at least 4 members (excludes halogenated alkanes) is 6. The van der Waals surface area contributed by atoms with Crippen LogP contribution in [0.25, 0.3) is 0 Å². The average Bonchev–Trinajstić information content (AvgIpc) is 2.42. The second-order valence-electron chi connectivity index (χ2n) is 4.66. The Labute approximate surface area is 114 Å². The first kappa shape index (κ1) is 15.5. The van der Waals surface area contributed by atoms with E-state index in [1.54, 1.807) is 6.07 Å². The molecule has 0 aliphatic rings. The van der Waals surface area contributed by atoms with E-state index in [9.17, 15) is 4.79 Å². The minimum atomic E-state index is -0.967. The third kappa shape index (κ3) is 6.79. The van der Waals surface area contributed by atoms with E-state index in [-0.39, 0.29) is 5.56 Å². The number of carbonyl (C=O) groups is 1. The van der Waals surface area contributed by atoms with Crippen LogP contribution in [0.1, 0.15) is 62.2 Å². The van der Waals surface area contributed by atoms with Gasteiger partial charge in [-0.25, -0.2) is 9.78 Å². The van der Waals surface area contributed by atoms with Crippen molar-refractivity contribution in [2.45, 2.75) is 51.9 Å². The number of nitrogens with zero attached hydrogens (tertiary/aromatic N) is 1. The van der Waals surface area contributed by atoms with Crippen LogP contribution in [0.4, 0.5) is 0 Å². The zero-order chi connectivity index (χ0) is 13.9. The third-order valence-electron chi connectivity index (χ3n) is 2.98. The normalized spacial score (nSPS) is 10.4. The number of aromatic nitrogens is 1. The summed E-state index contributed by atoms with van der Waals surface area (Å²) in [7, 11) is 0. The zero-order valence-electron chi connectivity index (χ0n) is 11.6. The van der Waals surface area contributed by atoms with E-state index in [0.717, 1.165) is 6.42 Å². The average molecular weight is 265 g/mol. The molecule has 0 bridgehead atoms. The maximum atomic E-state index is 10.6. The molecule has 0 aromatic carbocycles. The van der Waals surface area contributed by atoms with Crippen molar-refractivity contribution in [3.8, 4) is 5.88 Å². The molecular weight excluding hydrogens is 242 g/mol. The number of aromatic carboxylic acids is 1. The molecule has 0 unspecified atom stereocenters. The summed E-state index contributed by atoms with van der Waals surface area (Å²) in [6.07, 6.45) is 10.0. The van der Waals surface area contributed by atoms with Gasteiger partial charge in [-0.3, -0.25) is 0 Å². The van der Waals surface area contributed by atoms with Crippen LogP contribution in [-0.2, 0) is 0 Å². The molecule has 1 rings (SSSR count). The molecule has 1 heterocycles. The van der Waals surface area contributed by atoms with Crippen LogP contribution < -0.4 is 4.74 Å². The van der Waals surface area contributed by atoms with E-state index in [2.05, 4.69) is 11.9 Å². The van der Waals surface area contributed by atoms with Crippen LogP contribution >= 0.6 is 0 Å². The lowest BCUT2D eigenvalue weighted by Crippen LogP contribution is -2.01. The van der Waals surface area contributed by atoms with E-state index in [0.29, 0.717) is 12.5 Å². The Morgan fingerprint density at radius 1 is 1.16 bits per heavy atom. The van der Waals surface area contributed by atoms with Crippen LogP contribution in [0, 0.1) is 0 Å². The van der Waals surface area contributed by atoms with Crippen molar-refractivity contribution in [1.29, 1.82) is 0 Å². The molecular formula is C15H23NO3. The van der Waals surface area contributed by atoms with Gasteiger partial charge in [0.1, 0.15) is 0 Å². The van der Waals surface area contributed by atoms with Crippen molar-refractivity contribution in [3.63, 3.8) is 0 Å². The summed E-state index contributed by atoms with van der Waals surface area (Å²) < 4.78 is 5.46. The van der Waals surface area contributed by atoms with Gasteiger partial charge in [0.05, 0.1) is 12.2 Å². The van der Waals surface area contributed by atoms with Gasteiger partial charge in [-0.05, 0) is 12.5 Å². The summed E-state index contributed by atoms with van der Waals surface area (Å²) >= 11 is 0. The highest BCUT2D eigenvalue weighted by Crippen LogP contribution is 2.10. The molecule has 0 aliphatic heterocycles. The SMILES string of the molecule is CCCCCCCCCOc1ccc(C(=O)O)cn1. The molecule has 19 heavy (non-hydrogen) atoms. The summed E-state index contributed by atoms with van der Waals surface area (Å²) in [5.74, 6) is -0.470. The number of pyridine rings is 1. The first-order chi connectivity index (χ1) is 9.24. The second-order valence-corrected chi connectivity index (χ2v) is 4.66. The Morgan fingerprint density at radius 3 is 2.42 bits per heavy atom. The monoisotopic (exact) mass is 265 g/mol. The van der Waals surface area contributed by atoms with Gasteiger partial charge < -0.3 is 9.84 Å². The second kappa shape index (κ2) is 9.36. The molecule has 0 amide bonds. The van der Waals surface area contributed by atoms with Crippen LogP contribution in [0.2, 0.25) is 0 Å². The third-order valence-corrected chi connectivity index (χ3v) is 2.98. The minimum absolute atomic E-state index is 0.184. The molecule has 0 atom stereocenters. The van der Waals surface area contributed by atoms with Crippen molar-refractivity contribution < 1.29 is 14.6 Å². The van der Waals surface area contributed by atoms with E-state index in [1.807, 2.05) is 0 Å². The van der Waals surface area contributed by atoms with Crippen molar-refractivity contribution in [2.75, 3.05) is 6.61 Å². The molecule has 0 saturated carbocycles. The standard InChI is InChI=1S/C15H23NO3/c1-2-3-4-5-6-7-8-11-19-14-10-9-13(12-16-14)15(17)18/h9-10,12H,2-8,11H2,1H3,(H,17,18). The molecule has 0 fully saturated rings. The molecule has 0 spiro atoms. The first-order valence-corrected chi connectivity index (χ1v) is 7.06. The predicted molar refractivity (Wildman–Crippen MR) is 74.7 cm³/mol. The molecule has 106 valence electrons. The summed E-state index contributed by atoms with van der Waals surface area (Å²) in [6.45, 7) is 2.86. The molecule has 4 nitrogen and oxygen atoms in total. The number of carboxylic acids is 1. The van der Waals surface area contributed by atoms with Crippen molar-refractivity contribution in [2.24, 2.45) is 0 Å². The Bertz CT molecular complexity index is 362. The van der Waals surface area contributed by atoms with Crippen molar-refractivity contribution in [1.82, 2.24) is 4.98 Å². The maximum absolute atomic E-state index is 10.6. The highest BCUT2D eigenvalue weighted by molar-refractivity contribution is 5.87. The quantitative estimate of drug-likeness (QED) is 0.652. The van der Waals surface area contributed by atoms with E-state index >= 15 is 0 Å². The topological polar surface area (TPSA) is 59.4 Å². The smallest absolute Gasteiger partial charge is 0.337 e. The summed E-state index contributed by atoms with van der Waals surface area (Å²) in [6, 6.07) is 3.11. The van der Waals surface area contributed by atoms with Crippen LogP contribution in [-0.4, -0.2) is 22.7 Å². The van der Waals surface area contributed by atoms with Crippen molar-refractivity contribution in [3.05, 3.63) is 23.9 Å². The van der Waals surface area contributed by atoms with Gasteiger partial charge in [0.25, 0.3) is 0 Å². The lowest BCUT2D eigenvalue weighted by molar-refractivity contribution is 0.0696. The lowest BCUT2D eigenvalue weighted by Gasteiger charge is -2.05. The fourth-order valence-electron chi connectivity index (χ4n) is 1.83. The molecule has 1 aromatic rings. The molecule has 1 aromatic heterocycles. The largest absolute Gasteiger partial charge is 0.478 e. The summed E-state index contributed by atoms with van der Waals surface area (Å²) in [4.78, 5) is 14.6. The fraction of sp³-hybridized carbons (Fsp3) is 0.600. The predicted octanol–water partition coefficient (Wildman–Crippen LogP) is 3.91. The van der Waals surface area contributed by atoms with Crippen molar-refractivity contribution >= 4 is 5.97 Å². The van der Waals surface area contributed by atoms with E-state index in [4.69, 9.17) is 9.84 Å². The van der Waals surface area contributed by atoms with Gasteiger partial charge in [-0.2, -0.15) is 0 Å². The number of carboxylic acid groups (broad SMARTS) is 1. The van der Waals surface area contributed by atoms with Gasteiger partial charge in [0.2, 0.25) is 5.88 Å². The lowest BCUT2D eigenvalue weighted by atomic mass is 10.1. The van der Waals surface area contributed by atoms with Gasteiger partial charge >= 0.3 is 5.97 Å². The summed E-state index contributed by atoms with van der Waals surface area (Å²) in [5, 5.41) is 8.73. The molecule has 0 aliphatic carbocycles. The number of hydrogen-bond acceptors (Lipinski definition) is 3. The highest BCUT2D eigenvalue weighted by Gasteiger charge is 2.03. The number of rotatable bonds is 10. The molecule has 4 heteroatoms. The minimum Gasteiger partial charge on any atom is -0.478 e. The fourth-order valence-corrected chi connectivity index (χ4v) is 1.83. The van der Waals surface area contributed by atoms with E-state index in [1.165, 1.54) is 50.8 Å².